The zero-order valence-electron chi connectivity index (χ0n) is 19.3. The molecule has 36 heavy (non-hydrogen) atoms. The van der Waals surface area contributed by atoms with E-state index in [1.807, 2.05) is 78.9 Å². The number of carboxylic acids is 1. The molecule has 5 rings (SSSR count). The molecule has 2 aliphatic rings. The number of benzene rings is 3. The number of hydrogen-bond donors (Lipinski definition) is 4. The normalized spacial score (nSPS) is 19.4. The molecule has 8 heteroatoms. The summed E-state index contributed by atoms with van der Waals surface area (Å²) in [7, 11) is 0. The molecular weight excluding hydrogens is 458 g/mol. The number of piperazine rings is 1. The third-order valence-electron chi connectivity index (χ3n) is 6.74. The second kappa shape index (κ2) is 9.65. The first-order valence-electron chi connectivity index (χ1n) is 11.8. The Bertz CT molecular complexity index is 1290. The Kier molecular flexibility index (Phi) is 6.25. The molecule has 0 aromatic heterocycles. The number of fused-ring (bicyclic) bond motifs is 3. The number of amides is 3. The van der Waals surface area contributed by atoms with Gasteiger partial charge in [-0.25, -0.2) is 4.79 Å². The van der Waals surface area contributed by atoms with Gasteiger partial charge in [0.1, 0.15) is 18.1 Å². The van der Waals surface area contributed by atoms with E-state index in [4.69, 9.17) is 0 Å². The monoisotopic (exact) mass is 483 g/mol. The summed E-state index contributed by atoms with van der Waals surface area (Å²) in [5, 5.41) is 17.9. The standard InChI is InChI=1S/C28H25N3O5/c32-23(15-22-27(34)29-21(26(33)30-22)14-16-8-2-1-3-9-16)31-25(28(35)36)24-19-12-6-4-10-17(19)18-11-5-7-13-20(18)24/h1-13,21-22,24-25H,14-15H2,(H,29,34)(H,30,33)(H,31,32)(H,35,36)/t21-,22-,25-/m0/s1. The van der Waals surface area contributed by atoms with E-state index in [0.717, 1.165) is 27.8 Å². The van der Waals surface area contributed by atoms with Crippen LogP contribution in [0, 0.1) is 0 Å². The van der Waals surface area contributed by atoms with Gasteiger partial charge in [0.25, 0.3) is 0 Å². The summed E-state index contributed by atoms with van der Waals surface area (Å²) in [5.41, 5.74) is 4.40. The van der Waals surface area contributed by atoms with Gasteiger partial charge in [0.15, 0.2) is 0 Å². The molecule has 3 amide bonds. The Morgan fingerprint density at radius 3 is 1.92 bits per heavy atom. The summed E-state index contributed by atoms with van der Waals surface area (Å²) in [6.07, 6.45) is -0.0334. The number of carboxylic acid groups (broad SMARTS) is 1. The van der Waals surface area contributed by atoms with E-state index in [0.29, 0.717) is 6.42 Å². The summed E-state index contributed by atoms with van der Waals surface area (Å²) < 4.78 is 0. The van der Waals surface area contributed by atoms with Crippen LogP contribution in [-0.2, 0) is 25.6 Å². The molecule has 1 saturated heterocycles. The van der Waals surface area contributed by atoms with Gasteiger partial charge in [-0.2, -0.15) is 0 Å². The molecular formula is C28H25N3O5. The smallest absolute Gasteiger partial charge is 0.327 e. The van der Waals surface area contributed by atoms with Gasteiger partial charge in [-0.3, -0.25) is 14.4 Å². The minimum Gasteiger partial charge on any atom is -0.480 e. The van der Waals surface area contributed by atoms with Crippen LogP contribution in [0.1, 0.15) is 29.0 Å². The molecule has 0 saturated carbocycles. The number of aliphatic carboxylic acids is 1. The second-order valence-electron chi connectivity index (χ2n) is 9.05. The summed E-state index contributed by atoms with van der Waals surface area (Å²) in [4.78, 5) is 50.5. The molecule has 0 spiro atoms. The van der Waals surface area contributed by atoms with Crippen molar-refractivity contribution in [2.45, 2.75) is 36.9 Å². The molecule has 8 nitrogen and oxygen atoms in total. The molecule has 1 heterocycles. The Hall–Kier alpha value is -4.46. The van der Waals surface area contributed by atoms with Crippen molar-refractivity contribution in [2.24, 2.45) is 0 Å². The van der Waals surface area contributed by atoms with Gasteiger partial charge in [-0.1, -0.05) is 78.9 Å². The SMILES string of the molecule is O=C(C[C@@H]1NC(=O)[C@H](Cc2ccccc2)NC1=O)N[C@H](C(=O)O)C1c2ccccc2-c2ccccc21. The highest BCUT2D eigenvalue weighted by Crippen LogP contribution is 2.46. The quantitative estimate of drug-likeness (QED) is 0.409. The van der Waals surface area contributed by atoms with Crippen LogP contribution in [0.4, 0.5) is 0 Å². The maximum absolute atomic E-state index is 12.9. The minimum atomic E-state index is -1.24. The van der Waals surface area contributed by atoms with Gasteiger partial charge in [-0.05, 0) is 27.8 Å². The summed E-state index contributed by atoms with van der Waals surface area (Å²) in [5.74, 6) is -3.26. The minimum absolute atomic E-state index is 0.332. The van der Waals surface area contributed by atoms with E-state index in [1.165, 1.54) is 0 Å². The van der Waals surface area contributed by atoms with Crippen LogP contribution in [0.5, 0.6) is 0 Å². The lowest BCUT2D eigenvalue weighted by Crippen LogP contribution is -2.63. The van der Waals surface area contributed by atoms with Gasteiger partial charge < -0.3 is 21.1 Å². The van der Waals surface area contributed by atoms with Crippen molar-refractivity contribution >= 4 is 23.7 Å². The van der Waals surface area contributed by atoms with E-state index in [2.05, 4.69) is 16.0 Å². The molecule has 1 fully saturated rings. The maximum atomic E-state index is 12.9. The van der Waals surface area contributed by atoms with Crippen molar-refractivity contribution in [1.29, 1.82) is 0 Å². The lowest BCUT2D eigenvalue weighted by molar-refractivity contribution is -0.143. The third kappa shape index (κ3) is 4.45. The van der Waals surface area contributed by atoms with Crippen molar-refractivity contribution in [3.05, 3.63) is 95.6 Å². The first-order valence-corrected chi connectivity index (χ1v) is 11.8. The van der Waals surface area contributed by atoms with Gasteiger partial charge in [-0.15, -0.1) is 0 Å². The van der Waals surface area contributed by atoms with Crippen LogP contribution in [0.15, 0.2) is 78.9 Å². The fraction of sp³-hybridized carbons (Fsp3) is 0.214. The van der Waals surface area contributed by atoms with Crippen LogP contribution in [0.3, 0.4) is 0 Å². The van der Waals surface area contributed by atoms with Gasteiger partial charge in [0.2, 0.25) is 17.7 Å². The third-order valence-corrected chi connectivity index (χ3v) is 6.74. The maximum Gasteiger partial charge on any atom is 0.327 e. The van der Waals surface area contributed by atoms with Gasteiger partial charge >= 0.3 is 5.97 Å². The number of carbonyl (C=O) groups excluding carboxylic acids is 3. The Balaban J connectivity index is 1.29. The molecule has 4 N–H and O–H groups in total. The lowest BCUT2D eigenvalue weighted by atomic mass is 9.89. The summed E-state index contributed by atoms with van der Waals surface area (Å²) in [6.45, 7) is 0. The van der Waals surface area contributed by atoms with Crippen molar-refractivity contribution in [3.8, 4) is 11.1 Å². The van der Waals surface area contributed by atoms with E-state index in [1.54, 1.807) is 0 Å². The average Bonchev–Trinajstić information content (AvgIpc) is 3.20. The fourth-order valence-corrected chi connectivity index (χ4v) is 5.07. The van der Waals surface area contributed by atoms with E-state index >= 15 is 0 Å². The van der Waals surface area contributed by atoms with Crippen molar-refractivity contribution in [3.63, 3.8) is 0 Å². The highest BCUT2D eigenvalue weighted by Gasteiger charge is 2.40. The lowest BCUT2D eigenvalue weighted by Gasteiger charge is -2.30. The van der Waals surface area contributed by atoms with E-state index in [-0.39, 0.29) is 12.3 Å². The molecule has 182 valence electrons. The number of hydrogen-bond acceptors (Lipinski definition) is 4. The first-order chi connectivity index (χ1) is 17.4. The average molecular weight is 484 g/mol. The van der Waals surface area contributed by atoms with Crippen LogP contribution >= 0.6 is 0 Å². The van der Waals surface area contributed by atoms with Crippen LogP contribution in [-0.4, -0.2) is 46.9 Å². The molecule has 1 aliphatic heterocycles. The van der Waals surface area contributed by atoms with Crippen molar-refractivity contribution in [1.82, 2.24) is 16.0 Å². The van der Waals surface area contributed by atoms with E-state index in [9.17, 15) is 24.3 Å². The molecule has 3 aromatic rings. The van der Waals surface area contributed by atoms with Crippen molar-refractivity contribution < 1.29 is 24.3 Å². The zero-order valence-corrected chi connectivity index (χ0v) is 19.3. The summed E-state index contributed by atoms with van der Waals surface area (Å²) >= 11 is 0. The van der Waals surface area contributed by atoms with Gasteiger partial charge in [0, 0.05) is 12.3 Å². The number of carbonyl (C=O) groups is 4. The predicted octanol–water partition coefficient (Wildman–Crippen LogP) is 1.98. The van der Waals surface area contributed by atoms with Crippen LogP contribution in [0.25, 0.3) is 11.1 Å². The number of rotatable bonds is 7. The molecule has 1 aliphatic carbocycles. The van der Waals surface area contributed by atoms with Gasteiger partial charge in [0.05, 0.1) is 6.42 Å². The summed E-state index contributed by atoms with van der Waals surface area (Å²) in [6, 6.07) is 21.3. The second-order valence-corrected chi connectivity index (χ2v) is 9.05. The molecule has 0 unspecified atom stereocenters. The van der Waals surface area contributed by atoms with E-state index < -0.39 is 41.8 Å². The predicted molar refractivity (Wildman–Crippen MR) is 132 cm³/mol. The van der Waals surface area contributed by atoms with Crippen LogP contribution in [0.2, 0.25) is 0 Å². The molecule has 0 bridgehead atoms. The van der Waals surface area contributed by atoms with Crippen LogP contribution < -0.4 is 16.0 Å². The fourth-order valence-electron chi connectivity index (χ4n) is 5.07. The topological polar surface area (TPSA) is 125 Å². The number of nitrogens with one attached hydrogen (secondary N) is 3. The highest BCUT2D eigenvalue weighted by atomic mass is 16.4. The molecule has 3 atom stereocenters. The zero-order chi connectivity index (χ0) is 25.2. The largest absolute Gasteiger partial charge is 0.480 e. The molecule has 3 aromatic carbocycles. The first kappa shape index (κ1) is 23.3. The Morgan fingerprint density at radius 1 is 0.778 bits per heavy atom. The Morgan fingerprint density at radius 2 is 1.31 bits per heavy atom. The highest BCUT2D eigenvalue weighted by molar-refractivity contribution is 5.99. The van der Waals surface area contributed by atoms with Crippen molar-refractivity contribution in [2.75, 3.05) is 0 Å². The Labute approximate surface area is 207 Å². The molecule has 0 radical (unpaired) electrons.